The van der Waals surface area contributed by atoms with Crippen molar-refractivity contribution in [3.05, 3.63) is 11.1 Å². The maximum atomic E-state index is 10.5. The van der Waals surface area contributed by atoms with E-state index in [-0.39, 0.29) is 10.7 Å². The molecule has 0 saturated carbocycles. The lowest BCUT2D eigenvalue weighted by Crippen LogP contribution is -2.12. The molecule has 0 aromatic heterocycles. The van der Waals surface area contributed by atoms with Crippen molar-refractivity contribution in [1.82, 2.24) is 0 Å². The molecule has 0 bridgehead atoms. The van der Waals surface area contributed by atoms with Gasteiger partial charge in [-0.1, -0.05) is 0 Å². The summed E-state index contributed by atoms with van der Waals surface area (Å²) in [7, 11) is 1.19. The molecule has 0 spiro atoms. The number of carbonyl (C=O) groups is 1. The molecule has 10 heavy (non-hydrogen) atoms. The van der Waals surface area contributed by atoms with Crippen LogP contribution in [0.5, 0.6) is 0 Å². The lowest BCUT2D eigenvalue weighted by molar-refractivity contribution is -0.132. The van der Waals surface area contributed by atoms with E-state index >= 15 is 0 Å². The maximum Gasteiger partial charge on any atom is 0.356 e. The smallest absolute Gasteiger partial charge is 0.356 e. The first-order chi connectivity index (χ1) is 4.57. The molecule has 0 aromatic carbocycles. The Labute approximate surface area is 64.0 Å². The third-order valence-electron chi connectivity index (χ3n) is 0.698. The minimum atomic E-state index is -0.725. The molecule has 0 aliphatic carbocycles. The first-order valence-corrected chi connectivity index (χ1v) is 2.85. The van der Waals surface area contributed by atoms with E-state index in [4.69, 9.17) is 11.1 Å². The van der Waals surface area contributed by atoms with E-state index < -0.39 is 5.97 Å². The Kier molecular flexibility index (Phi) is 3.56. The van der Waals surface area contributed by atoms with Crippen LogP contribution in [-0.2, 0) is 9.53 Å². The predicted octanol–water partition coefficient (Wildman–Crippen LogP) is -0.0909. The van der Waals surface area contributed by atoms with Gasteiger partial charge in [0.05, 0.1) is 12.1 Å². The number of esters is 1. The standard InChI is InChI=1S/C5H8N2O2S/c1-9-5(8)3(6)2-4(7)10/h2,6,10H,7H2,1H3/b4-2-,6-3?. The zero-order chi connectivity index (χ0) is 8.15. The molecule has 0 heterocycles. The average Bonchev–Trinajstić information content (AvgIpc) is 1.85. The predicted molar refractivity (Wildman–Crippen MR) is 41.0 cm³/mol. The zero-order valence-electron chi connectivity index (χ0n) is 5.42. The third kappa shape index (κ3) is 3.13. The van der Waals surface area contributed by atoms with Crippen LogP contribution < -0.4 is 5.73 Å². The SMILES string of the molecule is COC(=O)C(=N)/C=C(/N)S. The molecule has 5 heteroatoms. The Hall–Kier alpha value is -0.970. The maximum absolute atomic E-state index is 10.5. The van der Waals surface area contributed by atoms with Gasteiger partial charge < -0.3 is 10.5 Å². The Morgan fingerprint density at radius 3 is 2.60 bits per heavy atom. The van der Waals surface area contributed by atoms with Gasteiger partial charge in [0.2, 0.25) is 0 Å². The van der Waals surface area contributed by atoms with Gasteiger partial charge in [-0.05, 0) is 6.08 Å². The molecule has 3 N–H and O–H groups in total. The largest absolute Gasteiger partial charge is 0.464 e. The number of nitrogens with two attached hydrogens (primary N) is 1. The number of methoxy groups -OCH3 is 1. The van der Waals surface area contributed by atoms with Gasteiger partial charge in [-0.15, -0.1) is 12.6 Å². The van der Waals surface area contributed by atoms with Crippen molar-refractivity contribution in [2.24, 2.45) is 5.73 Å². The second-order valence-electron chi connectivity index (χ2n) is 1.47. The van der Waals surface area contributed by atoms with Crippen LogP contribution >= 0.6 is 12.6 Å². The van der Waals surface area contributed by atoms with E-state index in [1.807, 2.05) is 0 Å². The fourth-order valence-electron chi connectivity index (χ4n) is 0.317. The van der Waals surface area contributed by atoms with E-state index in [9.17, 15) is 4.79 Å². The molecule has 0 aliphatic heterocycles. The van der Waals surface area contributed by atoms with Crippen LogP contribution in [0.15, 0.2) is 11.1 Å². The summed E-state index contributed by atoms with van der Waals surface area (Å²) in [6.45, 7) is 0. The number of rotatable bonds is 2. The van der Waals surface area contributed by atoms with E-state index in [1.54, 1.807) is 0 Å². The van der Waals surface area contributed by atoms with Crippen molar-refractivity contribution in [3.8, 4) is 0 Å². The highest BCUT2D eigenvalue weighted by atomic mass is 32.1. The quantitative estimate of drug-likeness (QED) is 0.300. The summed E-state index contributed by atoms with van der Waals surface area (Å²) in [5.74, 6) is -0.725. The normalized spacial score (nSPS) is 10.8. The Balaban J connectivity index is 4.11. The van der Waals surface area contributed by atoms with E-state index in [1.165, 1.54) is 7.11 Å². The second-order valence-corrected chi connectivity index (χ2v) is 1.99. The molecule has 0 rings (SSSR count). The number of hydrogen-bond donors (Lipinski definition) is 3. The van der Waals surface area contributed by atoms with Gasteiger partial charge in [-0.2, -0.15) is 0 Å². The van der Waals surface area contributed by atoms with Crippen molar-refractivity contribution < 1.29 is 9.53 Å². The summed E-state index contributed by atoms with van der Waals surface area (Å²) in [5, 5.41) is 7.05. The Morgan fingerprint density at radius 1 is 1.80 bits per heavy atom. The minimum Gasteiger partial charge on any atom is -0.464 e. The minimum absolute atomic E-state index is 0.107. The number of thiol groups is 1. The van der Waals surface area contributed by atoms with Gasteiger partial charge in [0, 0.05) is 0 Å². The van der Waals surface area contributed by atoms with Crippen LogP contribution in [-0.4, -0.2) is 18.8 Å². The van der Waals surface area contributed by atoms with Crippen molar-refractivity contribution in [2.75, 3.05) is 7.11 Å². The monoisotopic (exact) mass is 160 g/mol. The van der Waals surface area contributed by atoms with Crippen LogP contribution in [0.3, 0.4) is 0 Å². The number of nitrogens with one attached hydrogen (secondary N) is 1. The fraction of sp³-hybridized carbons (Fsp3) is 0.200. The summed E-state index contributed by atoms with van der Waals surface area (Å²) < 4.78 is 4.22. The molecule has 56 valence electrons. The highest BCUT2D eigenvalue weighted by Gasteiger charge is 2.04. The molecule has 0 atom stereocenters. The molecule has 4 nitrogen and oxygen atoms in total. The van der Waals surface area contributed by atoms with Crippen molar-refractivity contribution in [3.63, 3.8) is 0 Å². The Bertz CT molecular complexity index is 184. The zero-order valence-corrected chi connectivity index (χ0v) is 6.31. The number of carbonyl (C=O) groups excluding carboxylic acids is 1. The van der Waals surface area contributed by atoms with Gasteiger partial charge in [-0.3, -0.25) is 5.41 Å². The van der Waals surface area contributed by atoms with Crippen LogP contribution in [0.1, 0.15) is 0 Å². The van der Waals surface area contributed by atoms with Crippen molar-refractivity contribution >= 4 is 24.3 Å². The van der Waals surface area contributed by atoms with Crippen molar-refractivity contribution in [1.29, 1.82) is 5.41 Å². The van der Waals surface area contributed by atoms with Gasteiger partial charge in [0.15, 0.2) is 0 Å². The summed E-state index contributed by atoms with van der Waals surface area (Å²) in [4.78, 5) is 10.5. The molecule has 0 aliphatic rings. The second kappa shape index (κ2) is 3.94. The van der Waals surface area contributed by atoms with Crippen LogP contribution in [0.4, 0.5) is 0 Å². The third-order valence-corrected chi connectivity index (χ3v) is 0.827. The molecule has 0 unspecified atom stereocenters. The Morgan fingerprint density at radius 2 is 2.30 bits per heavy atom. The van der Waals surface area contributed by atoms with Gasteiger partial charge in [-0.25, -0.2) is 4.79 Å². The van der Waals surface area contributed by atoms with Gasteiger partial charge in [0.25, 0.3) is 0 Å². The molecule has 0 amide bonds. The van der Waals surface area contributed by atoms with Crippen LogP contribution in [0.25, 0.3) is 0 Å². The summed E-state index contributed by atoms with van der Waals surface area (Å²) >= 11 is 3.66. The van der Waals surface area contributed by atoms with Crippen LogP contribution in [0, 0.1) is 5.41 Å². The molecule has 0 aromatic rings. The molecular formula is C5H8N2O2S. The van der Waals surface area contributed by atoms with Crippen LogP contribution in [0.2, 0.25) is 0 Å². The summed E-state index contributed by atoms with van der Waals surface area (Å²) in [6.07, 6.45) is 1.11. The number of hydrogen-bond acceptors (Lipinski definition) is 5. The first-order valence-electron chi connectivity index (χ1n) is 2.41. The molecule has 0 fully saturated rings. The summed E-state index contributed by atoms with van der Waals surface area (Å²) in [6, 6.07) is 0. The van der Waals surface area contributed by atoms with E-state index in [0.717, 1.165) is 6.08 Å². The topological polar surface area (TPSA) is 76.2 Å². The fourth-order valence-corrected chi connectivity index (χ4v) is 0.446. The van der Waals surface area contributed by atoms with E-state index in [0.29, 0.717) is 0 Å². The van der Waals surface area contributed by atoms with Crippen molar-refractivity contribution in [2.45, 2.75) is 0 Å². The first kappa shape index (κ1) is 9.03. The lowest BCUT2D eigenvalue weighted by atomic mass is 10.4. The lowest BCUT2D eigenvalue weighted by Gasteiger charge is -1.94. The number of ether oxygens (including phenoxy) is 1. The molecular weight excluding hydrogens is 152 g/mol. The van der Waals surface area contributed by atoms with Gasteiger partial charge >= 0.3 is 5.97 Å². The highest BCUT2D eigenvalue weighted by molar-refractivity contribution is 7.84. The average molecular weight is 160 g/mol. The van der Waals surface area contributed by atoms with E-state index in [2.05, 4.69) is 17.4 Å². The van der Waals surface area contributed by atoms with Gasteiger partial charge in [0.1, 0.15) is 5.71 Å². The highest BCUT2D eigenvalue weighted by Crippen LogP contribution is 1.90. The molecule has 0 saturated heterocycles. The molecule has 0 radical (unpaired) electrons. The summed E-state index contributed by atoms with van der Waals surface area (Å²) in [5.41, 5.74) is 4.75.